The van der Waals surface area contributed by atoms with Crippen LogP contribution in [-0.4, -0.2) is 28.1 Å². The number of rotatable bonds is 5. The number of carbonyl (C=O) groups excluding carboxylic acids is 2. The third-order valence-corrected chi connectivity index (χ3v) is 4.16. The predicted octanol–water partition coefficient (Wildman–Crippen LogP) is 1.91. The SMILES string of the molecule is O=C(Cn1ncc2ccccc2c1=O)NCC(=O)Nc1ccc(Br)cc1. The van der Waals surface area contributed by atoms with Crippen LogP contribution in [0, 0.1) is 0 Å². The second-order valence-electron chi connectivity index (χ2n) is 5.53. The van der Waals surface area contributed by atoms with Gasteiger partial charge in [0.05, 0.1) is 18.1 Å². The highest BCUT2D eigenvalue weighted by Crippen LogP contribution is 2.13. The molecule has 0 saturated heterocycles. The molecular formula is C18H15BrN4O3. The Bertz CT molecular complexity index is 1010. The number of amides is 2. The number of anilines is 1. The van der Waals surface area contributed by atoms with Crippen LogP contribution in [0.3, 0.4) is 0 Å². The molecule has 0 atom stereocenters. The Balaban J connectivity index is 1.57. The summed E-state index contributed by atoms with van der Waals surface area (Å²) in [5.74, 6) is -0.833. The van der Waals surface area contributed by atoms with Gasteiger partial charge in [-0.1, -0.05) is 34.1 Å². The number of nitrogens with one attached hydrogen (secondary N) is 2. The standard InChI is InChI=1S/C18H15BrN4O3/c19-13-5-7-14(8-6-13)22-16(24)10-20-17(25)11-23-18(26)15-4-2-1-3-12(15)9-21-23/h1-9H,10-11H2,(H,20,25)(H,22,24). The molecule has 3 rings (SSSR count). The third kappa shape index (κ3) is 4.34. The summed E-state index contributed by atoms with van der Waals surface area (Å²) in [4.78, 5) is 36.2. The van der Waals surface area contributed by atoms with E-state index >= 15 is 0 Å². The van der Waals surface area contributed by atoms with Gasteiger partial charge < -0.3 is 10.6 Å². The van der Waals surface area contributed by atoms with Gasteiger partial charge in [-0.3, -0.25) is 14.4 Å². The molecule has 7 nitrogen and oxygen atoms in total. The van der Waals surface area contributed by atoms with Gasteiger partial charge in [-0.25, -0.2) is 4.68 Å². The molecule has 0 radical (unpaired) electrons. The van der Waals surface area contributed by atoms with E-state index in [2.05, 4.69) is 31.7 Å². The van der Waals surface area contributed by atoms with Crippen LogP contribution in [0.1, 0.15) is 0 Å². The zero-order chi connectivity index (χ0) is 18.5. The van der Waals surface area contributed by atoms with Gasteiger partial charge in [0.15, 0.2) is 0 Å². The number of aromatic nitrogens is 2. The summed E-state index contributed by atoms with van der Waals surface area (Å²) in [6.07, 6.45) is 1.53. The normalized spacial score (nSPS) is 10.5. The molecule has 0 aliphatic heterocycles. The molecule has 1 aromatic heterocycles. The predicted molar refractivity (Wildman–Crippen MR) is 102 cm³/mol. The molecular weight excluding hydrogens is 400 g/mol. The summed E-state index contributed by atoms with van der Waals surface area (Å²) in [5.41, 5.74) is 0.275. The Hall–Kier alpha value is -3.00. The lowest BCUT2D eigenvalue weighted by molar-refractivity contribution is -0.124. The number of carbonyl (C=O) groups is 2. The summed E-state index contributed by atoms with van der Waals surface area (Å²) in [6.45, 7) is -0.452. The first-order chi connectivity index (χ1) is 12.5. The molecule has 2 amide bonds. The Morgan fingerprint density at radius 3 is 2.54 bits per heavy atom. The molecule has 132 valence electrons. The average molecular weight is 415 g/mol. The number of halogens is 1. The number of hydrogen-bond donors (Lipinski definition) is 2. The molecule has 2 N–H and O–H groups in total. The molecule has 0 bridgehead atoms. The minimum atomic E-state index is -0.471. The van der Waals surface area contributed by atoms with Gasteiger partial charge in [0.2, 0.25) is 11.8 Å². The highest BCUT2D eigenvalue weighted by Gasteiger charge is 2.10. The Labute approximate surface area is 157 Å². The van der Waals surface area contributed by atoms with Crippen molar-refractivity contribution in [2.45, 2.75) is 6.54 Å². The Kier molecular flexibility index (Phi) is 5.43. The first-order valence-electron chi connectivity index (χ1n) is 7.80. The van der Waals surface area contributed by atoms with Crippen LogP contribution in [0.2, 0.25) is 0 Å². The summed E-state index contributed by atoms with van der Waals surface area (Å²) in [6, 6.07) is 14.1. The maximum atomic E-state index is 12.3. The zero-order valence-corrected chi connectivity index (χ0v) is 15.2. The second kappa shape index (κ2) is 7.92. The molecule has 2 aromatic carbocycles. The molecule has 0 aliphatic carbocycles. The minimum Gasteiger partial charge on any atom is -0.345 e. The molecule has 0 spiro atoms. The first-order valence-corrected chi connectivity index (χ1v) is 8.59. The molecule has 0 saturated carbocycles. The van der Waals surface area contributed by atoms with Crippen molar-refractivity contribution in [3.05, 3.63) is 69.6 Å². The van der Waals surface area contributed by atoms with Crippen LogP contribution in [0.5, 0.6) is 0 Å². The van der Waals surface area contributed by atoms with Crippen LogP contribution in [-0.2, 0) is 16.1 Å². The summed E-state index contributed by atoms with van der Waals surface area (Å²) >= 11 is 3.31. The van der Waals surface area contributed by atoms with Crippen LogP contribution in [0.4, 0.5) is 5.69 Å². The van der Waals surface area contributed by atoms with E-state index in [1.54, 1.807) is 42.5 Å². The van der Waals surface area contributed by atoms with Gasteiger partial charge in [0.25, 0.3) is 5.56 Å². The van der Waals surface area contributed by atoms with E-state index in [4.69, 9.17) is 0 Å². The van der Waals surface area contributed by atoms with E-state index in [1.165, 1.54) is 6.20 Å². The second-order valence-corrected chi connectivity index (χ2v) is 6.44. The maximum absolute atomic E-state index is 12.3. The Morgan fingerprint density at radius 2 is 1.77 bits per heavy atom. The van der Waals surface area contributed by atoms with Gasteiger partial charge in [0, 0.05) is 15.5 Å². The lowest BCUT2D eigenvalue weighted by atomic mass is 10.2. The van der Waals surface area contributed by atoms with Crippen molar-refractivity contribution in [3.8, 4) is 0 Å². The van der Waals surface area contributed by atoms with Crippen molar-refractivity contribution >= 4 is 44.2 Å². The molecule has 0 unspecified atom stereocenters. The van der Waals surface area contributed by atoms with E-state index in [0.29, 0.717) is 16.5 Å². The average Bonchev–Trinajstić information content (AvgIpc) is 2.64. The number of nitrogens with zero attached hydrogens (tertiary/aromatic N) is 2. The van der Waals surface area contributed by atoms with E-state index < -0.39 is 5.91 Å². The molecule has 0 fully saturated rings. The van der Waals surface area contributed by atoms with Crippen molar-refractivity contribution in [2.75, 3.05) is 11.9 Å². The van der Waals surface area contributed by atoms with Crippen molar-refractivity contribution in [3.63, 3.8) is 0 Å². The quantitative estimate of drug-likeness (QED) is 0.666. The lowest BCUT2D eigenvalue weighted by Crippen LogP contribution is -2.37. The zero-order valence-electron chi connectivity index (χ0n) is 13.6. The lowest BCUT2D eigenvalue weighted by Gasteiger charge is -2.08. The van der Waals surface area contributed by atoms with E-state index in [0.717, 1.165) is 9.15 Å². The largest absolute Gasteiger partial charge is 0.345 e. The fourth-order valence-electron chi connectivity index (χ4n) is 2.35. The molecule has 8 heteroatoms. The Morgan fingerprint density at radius 1 is 1.04 bits per heavy atom. The summed E-state index contributed by atoms with van der Waals surface area (Å²) in [7, 11) is 0. The van der Waals surface area contributed by atoms with Crippen LogP contribution < -0.4 is 16.2 Å². The minimum absolute atomic E-state index is 0.197. The van der Waals surface area contributed by atoms with Gasteiger partial charge >= 0.3 is 0 Å². The molecule has 1 heterocycles. The molecule has 0 aliphatic rings. The smallest absolute Gasteiger partial charge is 0.275 e. The highest BCUT2D eigenvalue weighted by atomic mass is 79.9. The van der Waals surface area contributed by atoms with E-state index in [9.17, 15) is 14.4 Å². The number of benzene rings is 2. The van der Waals surface area contributed by atoms with E-state index in [-0.39, 0.29) is 24.6 Å². The topological polar surface area (TPSA) is 93.1 Å². The van der Waals surface area contributed by atoms with Crippen LogP contribution in [0.25, 0.3) is 10.8 Å². The van der Waals surface area contributed by atoms with Crippen molar-refractivity contribution in [1.82, 2.24) is 15.1 Å². The monoisotopic (exact) mass is 414 g/mol. The van der Waals surface area contributed by atoms with Crippen molar-refractivity contribution in [1.29, 1.82) is 0 Å². The number of fused-ring (bicyclic) bond motifs is 1. The van der Waals surface area contributed by atoms with Gasteiger partial charge in [-0.05, 0) is 30.3 Å². The van der Waals surface area contributed by atoms with Crippen LogP contribution in [0.15, 0.2) is 64.0 Å². The first kappa shape index (κ1) is 17.8. The van der Waals surface area contributed by atoms with Gasteiger partial charge in [0.1, 0.15) is 6.54 Å². The third-order valence-electron chi connectivity index (χ3n) is 3.63. The fourth-order valence-corrected chi connectivity index (χ4v) is 2.61. The number of hydrogen-bond acceptors (Lipinski definition) is 4. The highest BCUT2D eigenvalue weighted by molar-refractivity contribution is 9.10. The summed E-state index contributed by atoms with van der Waals surface area (Å²) in [5, 5.41) is 10.3. The fraction of sp³-hybridized carbons (Fsp3) is 0.111. The van der Waals surface area contributed by atoms with Gasteiger partial charge in [-0.2, -0.15) is 5.10 Å². The molecule has 3 aromatic rings. The van der Waals surface area contributed by atoms with Gasteiger partial charge in [-0.15, -0.1) is 0 Å². The maximum Gasteiger partial charge on any atom is 0.275 e. The molecule has 26 heavy (non-hydrogen) atoms. The van der Waals surface area contributed by atoms with E-state index in [1.807, 2.05) is 6.07 Å². The van der Waals surface area contributed by atoms with Crippen molar-refractivity contribution < 1.29 is 9.59 Å². The van der Waals surface area contributed by atoms with Crippen molar-refractivity contribution in [2.24, 2.45) is 0 Å². The summed E-state index contributed by atoms with van der Waals surface area (Å²) < 4.78 is 1.97. The van der Waals surface area contributed by atoms with Crippen LogP contribution >= 0.6 is 15.9 Å².